The minimum Gasteiger partial charge on any atom is -0.0696 e. The topological polar surface area (TPSA) is 0 Å². The highest BCUT2D eigenvalue weighted by Gasteiger charge is 2.75. The van der Waals surface area contributed by atoms with Gasteiger partial charge in [0.1, 0.15) is 0 Å². The smallest absolute Gasteiger partial charge is 0.0448 e. The molecule has 28 heavy (non-hydrogen) atoms. The highest BCUT2D eigenvalue weighted by molar-refractivity contribution is 7.47. The van der Waals surface area contributed by atoms with Crippen molar-refractivity contribution in [1.82, 2.24) is 0 Å². The number of rotatable bonds is 8. The van der Waals surface area contributed by atoms with E-state index in [1.165, 1.54) is 0 Å². The van der Waals surface area contributed by atoms with Gasteiger partial charge in [-0.25, -0.2) is 0 Å². The first-order valence-electron chi connectivity index (χ1n) is 12.1. The summed E-state index contributed by atoms with van der Waals surface area (Å²) in [6.07, 6.45) is 3.27. The zero-order chi connectivity index (χ0) is 22.6. The van der Waals surface area contributed by atoms with Crippen molar-refractivity contribution in [2.75, 3.05) is 0 Å². The van der Waals surface area contributed by atoms with Gasteiger partial charge in [0.05, 0.1) is 0 Å². The molecule has 0 N–H and O–H groups in total. The molecule has 1 aliphatic heterocycles. The maximum Gasteiger partial charge on any atom is 0.0448 e. The Bertz CT molecular complexity index is 461. The third-order valence-corrected chi connectivity index (χ3v) is 60.9. The summed E-state index contributed by atoms with van der Waals surface area (Å²) in [5.41, 5.74) is 0. The van der Waals surface area contributed by atoms with Crippen molar-refractivity contribution in [1.29, 1.82) is 0 Å². The van der Waals surface area contributed by atoms with E-state index in [0.29, 0.717) is 0 Å². The van der Waals surface area contributed by atoms with Gasteiger partial charge >= 0.3 is 0 Å². The van der Waals surface area contributed by atoms with Crippen LogP contribution in [0.5, 0.6) is 0 Å². The summed E-state index contributed by atoms with van der Waals surface area (Å²) in [6.45, 7) is 41.6. The van der Waals surface area contributed by atoms with E-state index in [1.54, 1.807) is 31.0 Å². The standard InChI is InChI=1S/C22H55Si6/c1-16-28(17-2,18-3)23-21(24(4,5)6,25(7,8)9)19-20-22(23,26(10,11)12)27(13,14)15/h16-20H2,1-15H3. The lowest BCUT2D eigenvalue weighted by Crippen LogP contribution is -2.76. The van der Waals surface area contributed by atoms with Crippen molar-refractivity contribution in [3.05, 3.63) is 0 Å². The maximum absolute atomic E-state index is 2.81. The Morgan fingerprint density at radius 3 is 0.857 bits per heavy atom. The lowest BCUT2D eigenvalue weighted by atomic mass is 10.4. The SMILES string of the molecule is CC[Si](CC)(CC)[Si]1C([Si](C)(C)C)([Si](C)(C)C)CCC1([Si](C)(C)C)[Si](C)(C)C. The van der Waals surface area contributed by atoms with Gasteiger partial charge in [-0.1, -0.05) is 130 Å². The molecule has 0 saturated carbocycles. The van der Waals surface area contributed by atoms with Gasteiger partial charge in [0, 0.05) is 48.2 Å². The predicted molar refractivity (Wildman–Crippen MR) is 151 cm³/mol. The van der Waals surface area contributed by atoms with Crippen LogP contribution in [0.15, 0.2) is 0 Å². The van der Waals surface area contributed by atoms with Gasteiger partial charge in [-0.15, -0.1) is 0 Å². The van der Waals surface area contributed by atoms with E-state index in [-0.39, 0.29) is 0 Å². The molecule has 0 aromatic heterocycles. The molecule has 1 fully saturated rings. The number of hydrogen-bond acceptors (Lipinski definition) is 0. The van der Waals surface area contributed by atoms with Gasteiger partial charge in [0.2, 0.25) is 0 Å². The fraction of sp³-hybridized carbons (Fsp3) is 1.00. The molecule has 1 heterocycles. The van der Waals surface area contributed by atoms with E-state index in [4.69, 9.17) is 0 Å². The molecule has 0 spiro atoms. The average molecular weight is 488 g/mol. The van der Waals surface area contributed by atoms with Gasteiger partial charge < -0.3 is 0 Å². The van der Waals surface area contributed by atoms with Crippen LogP contribution in [0.3, 0.4) is 0 Å². The highest BCUT2D eigenvalue weighted by atomic mass is 29.2. The highest BCUT2D eigenvalue weighted by Crippen LogP contribution is 2.73. The molecular weight excluding hydrogens is 433 g/mol. The Kier molecular flexibility index (Phi) is 7.82. The zero-order valence-corrected chi connectivity index (χ0v) is 28.5. The lowest BCUT2D eigenvalue weighted by molar-refractivity contribution is 0.763. The predicted octanol–water partition coefficient (Wildman–Crippen LogP) is 8.85. The van der Waals surface area contributed by atoms with Gasteiger partial charge in [-0.3, -0.25) is 0 Å². The van der Waals surface area contributed by atoms with Crippen molar-refractivity contribution in [2.24, 2.45) is 0 Å². The second-order valence-corrected chi connectivity index (χ2v) is 50.3. The summed E-state index contributed by atoms with van der Waals surface area (Å²) in [5.74, 6) is 0. The Morgan fingerprint density at radius 1 is 0.500 bits per heavy atom. The molecule has 0 aromatic rings. The maximum atomic E-state index is 2.81. The van der Waals surface area contributed by atoms with Crippen molar-refractivity contribution < 1.29 is 0 Å². The van der Waals surface area contributed by atoms with Gasteiger partial charge in [-0.2, -0.15) is 0 Å². The van der Waals surface area contributed by atoms with E-state index in [1.807, 2.05) is 0 Å². The van der Waals surface area contributed by atoms with Gasteiger partial charge in [0.25, 0.3) is 0 Å². The fourth-order valence-corrected chi connectivity index (χ4v) is 84.2. The Balaban J connectivity index is 4.20. The van der Waals surface area contributed by atoms with Crippen LogP contribution < -0.4 is 0 Å². The quantitative estimate of drug-likeness (QED) is 0.300. The Hall–Kier alpha value is 1.30. The molecule has 0 atom stereocenters. The first-order valence-corrected chi connectivity index (χ1v) is 31.3. The van der Waals surface area contributed by atoms with Crippen molar-refractivity contribution in [3.63, 3.8) is 0 Å². The van der Waals surface area contributed by atoms with E-state index in [9.17, 15) is 0 Å². The second kappa shape index (κ2) is 8.02. The molecule has 1 rings (SSSR count). The van der Waals surface area contributed by atoms with Crippen LogP contribution in [0, 0.1) is 0 Å². The van der Waals surface area contributed by atoms with Crippen LogP contribution in [0.1, 0.15) is 33.6 Å². The average Bonchev–Trinajstić information content (AvgIpc) is 2.88. The van der Waals surface area contributed by atoms with E-state index >= 15 is 0 Å². The minimum atomic E-state index is -1.29. The van der Waals surface area contributed by atoms with Crippen molar-refractivity contribution in [3.8, 4) is 0 Å². The monoisotopic (exact) mass is 487 g/mol. The molecule has 0 aliphatic carbocycles. The summed E-state index contributed by atoms with van der Waals surface area (Å²) in [7, 11) is -6.82. The zero-order valence-electron chi connectivity index (χ0n) is 22.5. The summed E-state index contributed by atoms with van der Waals surface area (Å²) in [6, 6.07) is 4.71. The van der Waals surface area contributed by atoms with Gasteiger partial charge in [-0.05, 0) is 8.57 Å². The van der Waals surface area contributed by atoms with Crippen LogP contribution in [-0.2, 0) is 0 Å². The minimum absolute atomic E-state index is 0.401. The van der Waals surface area contributed by atoms with Crippen LogP contribution in [0.2, 0.25) is 105 Å². The summed E-state index contributed by atoms with van der Waals surface area (Å²) < 4.78 is 1.67. The summed E-state index contributed by atoms with van der Waals surface area (Å²) >= 11 is 0. The third kappa shape index (κ3) is 3.71. The molecule has 0 bridgehead atoms. The van der Waals surface area contributed by atoms with Gasteiger partial charge in [0.15, 0.2) is 0 Å². The molecule has 1 saturated heterocycles. The molecule has 0 amide bonds. The molecule has 0 aromatic carbocycles. The molecule has 0 unspecified atom stereocenters. The van der Waals surface area contributed by atoms with E-state index in [0.717, 1.165) is 8.57 Å². The second-order valence-electron chi connectivity index (χ2n) is 14.0. The molecular formula is C22H55Si6. The molecule has 167 valence electrons. The van der Waals surface area contributed by atoms with Crippen LogP contribution in [0.4, 0.5) is 0 Å². The molecule has 6 heteroatoms. The Labute approximate surface area is 186 Å². The van der Waals surface area contributed by atoms with Crippen LogP contribution in [0.25, 0.3) is 0 Å². The lowest BCUT2D eigenvalue weighted by Gasteiger charge is -2.65. The molecule has 1 radical (unpaired) electrons. The van der Waals surface area contributed by atoms with Crippen LogP contribution >= 0.6 is 0 Å². The van der Waals surface area contributed by atoms with Crippen LogP contribution in [-0.4, -0.2) is 48.2 Å². The molecule has 0 nitrogen and oxygen atoms in total. The molecule has 1 aliphatic rings. The fourth-order valence-electron chi connectivity index (χ4n) is 8.42. The third-order valence-electron chi connectivity index (χ3n) is 9.41. The summed E-state index contributed by atoms with van der Waals surface area (Å²) in [5, 5.41) is 0. The summed E-state index contributed by atoms with van der Waals surface area (Å²) in [4.78, 5) is 0. The van der Waals surface area contributed by atoms with Crippen molar-refractivity contribution >= 4 is 48.2 Å². The van der Waals surface area contributed by atoms with Crippen molar-refractivity contribution in [2.45, 2.75) is 139 Å². The normalized spacial score (nSPS) is 22.0. The number of hydrogen-bond donors (Lipinski definition) is 0. The Morgan fingerprint density at radius 2 is 0.714 bits per heavy atom. The largest absolute Gasteiger partial charge is 0.0696 e. The first-order chi connectivity index (χ1) is 12.3. The first kappa shape index (κ1) is 27.3. The van der Waals surface area contributed by atoms with E-state index in [2.05, 4.69) is 99.3 Å². The van der Waals surface area contributed by atoms with E-state index < -0.39 is 48.2 Å².